The van der Waals surface area contributed by atoms with Crippen LogP contribution in [0.3, 0.4) is 0 Å². The van der Waals surface area contributed by atoms with Gasteiger partial charge in [-0.25, -0.2) is 19.1 Å². The molecule has 0 spiro atoms. The van der Waals surface area contributed by atoms with Gasteiger partial charge in [-0.1, -0.05) is 6.92 Å². The third kappa shape index (κ3) is 4.68. The predicted molar refractivity (Wildman–Crippen MR) is 120 cm³/mol. The van der Waals surface area contributed by atoms with E-state index in [9.17, 15) is 14.4 Å². The number of rotatable bonds is 8. The molecule has 2 amide bonds. The third-order valence-corrected chi connectivity index (χ3v) is 5.29. The maximum atomic E-state index is 12.8. The maximum absolute atomic E-state index is 12.8. The van der Waals surface area contributed by atoms with Gasteiger partial charge in [0.05, 0.1) is 19.3 Å². The summed E-state index contributed by atoms with van der Waals surface area (Å²) in [5.41, 5.74) is 14.1. The van der Waals surface area contributed by atoms with Gasteiger partial charge in [-0.2, -0.15) is 0 Å². The molecule has 7 N–H and O–H groups in total. The highest BCUT2D eigenvalue weighted by Crippen LogP contribution is 2.18. The summed E-state index contributed by atoms with van der Waals surface area (Å²) in [6.45, 7) is 4.08. The Morgan fingerprint density at radius 1 is 1.09 bits per heavy atom. The number of imidazole rings is 1. The van der Waals surface area contributed by atoms with Crippen molar-refractivity contribution in [2.75, 3.05) is 18.0 Å². The van der Waals surface area contributed by atoms with Crippen molar-refractivity contribution in [3.05, 3.63) is 41.0 Å². The number of nitrogens with zero attached hydrogens (tertiary/aromatic N) is 4. The molecule has 3 rings (SSSR count). The minimum Gasteiger partial charge on any atom is -0.480 e. The average Bonchev–Trinajstić information content (AvgIpc) is 3.06. The molecule has 0 radical (unpaired) electrons. The number of carboxylic acid groups (broad SMARTS) is 1. The van der Waals surface area contributed by atoms with Crippen molar-refractivity contribution >= 4 is 40.5 Å². The van der Waals surface area contributed by atoms with Crippen LogP contribution in [0, 0.1) is 0 Å². The van der Waals surface area contributed by atoms with E-state index in [0.29, 0.717) is 24.2 Å². The molecule has 0 saturated carbocycles. The molecular weight excluding hydrogens is 428 g/mol. The number of benzene rings is 1. The summed E-state index contributed by atoms with van der Waals surface area (Å²) in [5, 5.41) is 13.9. The first-order valence-electron chi connectivity index (χ1n) is 10.4. The van der Waals surface area contributed by atoms with Crippen LogP contribution < -0.4 is 26.7 Å². The Bertz CT molecular complexity index is 1250. The second kappa shape index (κ2) is 9.51. The number of fused-ring (bicyclic) bond motifs is 1. The van der Waals surface area contributed by atoms with Crippen LogP contribution in [-0.2, 0) is 31.4 Å². The Balaban J connectivity index is 1.89. The number of aromatic nitrogens is 4. The zero-order valence-electron chi connectivity index (χ0n) is 18.7. The molecule has 0 aliphatic rings. The number of aryl methyl sites for hydroxylation is 3. The smallest absolute Gasteiger partial charge is 0.322 e. The maximum Gasteiger partial charge on any atom is 0.322 e. The number of nitrogens with one attached hydrogen (secondary N) is 2. The molecule has 0 fully saturated rings. The third-order valence-electron chi connectivity index (χ3n) is 5.29. The van der Waals surface area contributed by atoms with Crippen molar-refractivity contribution in [1.82, 2.24) is 25.2 Å². The van der Waals surface area contributed by atoms with Crippen molar-refractivity contribution in [3.8, 4) is 0 Å². The monoisotopic (exact) mass is 455 g/mol. The summed E-state index contributed by atoms with van der Waals surface area (Å²) in [5.74, 6) is -1.14. The van der Waals surface area contributed by atoms with Gasteiger partial charge < -0.3 is 27.2 Å². The molecule has 0 aliphatic carbocycles. The molecule has 3 aromatic rings. The number of carboxylic acids is 1. The Labute approximate surface area is 189 Å². The number of nitrogen functional groups attached to an aromatic ring is 2. The minimum atomic E-state index is -1.12. The highest BCUT2D eigenvalue weighted by atomic mass is 16.4. The summed E-state index contributed by atoms with van der Waals surface area (Å²) in [6, 6.07) is 5.09. The number of carbonyl (C=O) groups excluding carboxylic acids is 2. The van der Waals surface area contributed by atoms with Gasteiger partial charge in [-0.3, -0.25) is 14.4 Å². The van der Waals surface area contributed by atoms with Crippen LogP contribution in [0.25, 0.3) is 11.0 Å². The summed E-state index contributed by atoms with van der Waals surface area (Å²) in [6.07, 6.45) is 0.515. The highest BCUT2D eigenvalue weighted by Gasteiger charge is 2.25. The summed E-state index contributed by atoms with van der Waals surface area (Å²) < 4.78 is 3.87. The van der Waals surface area contributed by atoms with Gasteiger partial charge in [0.2, 0.25) is 0 Å². The number of nitrogens with two attached hydrogens (primary N) is 2. The first-order valence-corrected chi connectivity index (χ1v) is 10.4. The number of hydrogen-bond donors (Lipinski definition) is 5. The minimum absolute atomic E-state index is 0.0141. The van der Waals surface area contributed by atoms with Crippen LogP contribution in [0.5, 0.6) is 0 Å². The zero-order chi connectivity index (χ0) is 24.3. The van der Waals surface area contributed by atoms with Gasteiger partial charge in [0, 0.05) is 11.6 Å². The molecule has 0 unspecified atom stereocenters. The Morgan fingerprint density at radius 3 is 2.45 bits per heavy atom. The van der Waals surface area contributed by atoms with Crippen LogP contribution in [0.4, 0.5) is 11.6 Å². The number of aliphatic carboxylic acids is 1. The Kier molecular flexibility index (Phi) is 6.75. The number of carbonyl (C=O) groups is 3. The fraction of sp³-hybridized carbons (Fsp3) is 0.333. The molecule has 33 heavy (non-hydrogen) atoms. The number of hydrogen-bond acceptors (Lipinski definition) is 7. The van der Waals surface area contributed by atoms with Crippen LogP contribution in [-0.4, -0.2) is 44.0 Å². The van der Waals surface area contributed by atoms with E-state index in [-0.39, 0.29) is 23.9 Å². The van der Waals surface area contributed by atoms with E-state index in [0.717, 1.165) is 16.9 Å². The molecule has 2 heterocycles. The van der Waals surface area contributed by atoms with E-state index in [1.165, 1.54) is 0 Å². The van der Waals surface area contributed by atoms with Crippen molar-refractivity contribution in [1.29, 1.82) is 0 Å². The van der Waals surface area contributed by atoms with E-state index in [4.69, 9.17) is 16.6 Å². The van der Waals surface area contributed by atoms with E-state index in [1.807, 2.05) is 30.0 Å². The fourth-order valence-electron chi connectivity index (χ4n) is 3.62. The second-order valence-electron chi connectivity index (χ2n) is 7.33. The van der Waals surface area contributed by atoms with Gasteiger partial charge >= 0.3 is 5.97 Å². The van der Waals surface area contributed by atoms with Crippen molar-refractivity contribution in [2.45, 2.75) is 33.4 Å². The Morgan fingerprint density at radius 2 is 1.82 bits per heavy atom. The van der Waals surface area contributed by atoms with Crippen molar-refractivity contribution in [3.63, 3.8) is 0 Å². The Hall–Kier alpha value is -4.22. The normalized spacial score (nSPS) is 10.9. The molecule has 174 valence electrons. The molecular formula is C21H27N8O4+. The molecule has 12 heteroatoms. The molecule has 0 aliphatic heterocycles. The molecule has 0 bridgehead atoms. The summed E-state index contributed by atoms with van der Waals surface area (Å²) in [7, 11) is 1.85. The largest absolute Gasteiger partial charge is 0.480 e. The topological polar surface area (TPSA) is 182 Å². The molecule has 12 nitrogen and oxygen atoms in total. The van der Waals surface area contributed by atoms with Gasteiger partial charge in [-0.05, 0) is 25.5 Å². The second-order valence-corrected chi connectivity index (χ2v) is 7.33. The highest BCUT2D eigenvalue weighted by molar-refractivity contribution is 5.98. The number of amides is 2. The van der Waals surface area contributed by atoms with Crippen molar-refractivity contribution < 1.29 is 24.1 Å². The lowest BCUT2D eigenvalue weighted by Crippen LogP contribution is -2.38. The summed E-state index contributed by atoms with van der Waals surface area (Å²) in [4.78, 5) is 44.0. The molecule has 1 aromatic carbocycles. The van der Waals surface area contributed by atoms with E-state index in [1.54, 1.807) is 18.2 Å². The lowest BCUT2D eigenvalue weighted by Gasteiger charge is -2.09. The quantitative estimate of drug-likeness (QED) is 0.288. The van der Waals surface area contributed by atoms with Crippen LogP contribution in [0.2, 0.25) is 0 Å². The van der Waals surface area contributed by atoms with Gasteiger partial charge in [0.15, 0.2) is 22.5 Å². The lowest BCUT2D eigenvalue weighted by molar-refractivity contribution is -0.654. The number of anilines is 2. The first kappa shape index (κ1) is 23.4. The van der Waals surface area contributed by atoms with Gasteiger partial charge in [-0.15, -0.1) is 0 Å². The SMILES string of the molecule is CCc1nc(C(=O)NCc2n(CC)c3cc(C(=O)NCC(=O)O)ccc3[n+]2C)c(N)nc1N. The van der Waals surface area contributed by atoms with Gasteiger partial charge in [0.1, 0.15) is 18.9 Å². The zero-order valence-corrected chi connectivity index (χ0v) is 18.7. The molecule has 0 atom stereocenters. The lowest BCUT2D eigenvalue weighted by atomic mass is 10.2. The predicted octanol–water partition coefficient (Wildman–Crippen LogP) is -0.253. The standard InChI is InChI=1S/C21H26N8O4/c1-4-12-18(22)27-19(23)17(26-12)21(33)24-9-15-28(3)13-7-6-11(8-14(13)29(15)5-2)20(32)25-10-16(30)31/h6-8H,4-5,9-10H2,1-3H3,(H6-,22,23,24,25,27,30,31,32,33)/p+1. The average molecular weight is 455 g/mol. The molecule has 2 aromatic heterocycles. The van der Waals surface area contributed by atoms with Gasteiger partial charge in [0.25, 0.3) is 17.6 Å². The van der Waals surface area contributed by atoms with E-state index in [2.05, 4.69) is 20.6 Å². The summed E-state index contributed by atoms with van der Waals surface area (Å²) >= 11 is 0. The van der Waals surface area contributed by atoms with Crippen LogP contribution in [0.1, 0.15) is 46.2 Å². The van der Waals surface area contributed by atoms with E-state index >= 15 is 0 Å². The van der Waals surface area contributed by atoms with Crippen molar-refractivity contribution in [2.24, 2.45) is 7.05 Å². The van der Waals surface area contributed by atoms with Crippen LogP contribution >= 0.6 is 0 Å². The van der Waals surface area contributed by atoms with E-state index < -0.39 is 24.3 Å². The first-order chi connectivity index (χ1) is 15.7. The molecule has 0 saturated heterocycles. The fourth-order valence-corrected chi connectivity index (χ4v) is 3.62. The van der Waals surface area contributed by atoms with Crippen LogP contribution in [0.15, 0.2) is 18.2 Å².